The van der Waals surface area contributed by atoms with Crippen molar-refractivity contribution in [2.75, 3.05) is 18.5 Å². The topological polar surface area (TPSA) is 90.4 Å². The zero-order valence-corrected chi connectivity index (χ0v) is 19.4. The molecule has 8 heteroatoms. The molecule has 0 spiro atoms. The van der Waals surface area contributed by atoms with E-state index in [1.807, 2.05) is 55.5 Å². The van der Waals surface area contributed by atoms with Crippen LogP contribution >= 0.6 is 11.3 Å². The molecule has 4 aromatic rings. The third-order valence-corrected chi connectivity index (χ3v) is 5.95. The molecule has 2 aromatic carbocycles. The Morgan fingerprint density at radius 3 is 2.48 bits per heavy atom. The predicted molar refractivity (Wildman–Crippen MR) is 129 cm³/mol. The fourth-order valence-electron chi connectivity index (χ4n) is 3.40. The number of nitrogens with one attached hydrogen (secondary N) is 1. The number of ether oxygens (including phenoxy) is 2. The van der Waals surface area contributed by atoms with Crippen LogP contribution in [0.1, 0.15) is 39.6 Å². The Morgan fingerprint density at radius 1 is 1.00 bits per heavy atom. The maximum absolute atomic E-state index is 13.3. The van der Waals surface area contributed by atoms with E-state index in [1.54, 1.807) is 19.9 Å². The molecule has 0 radical (unpaired) electrons. The van der Waals surface area contributed by atoms with E-state index in [9.17, 15) is 9.59 Å². The lowest BCUT2D eigenvalue weighted by atomic mass is 10.0. The predicted octanol–water partition coefficient (Wildman–Crippen LogP) is 5.49. The van der Waals surface area contributed by atoms with Crippen LogP contribution in [0.25, 0.3) is 22.2 Å². The number of rotatable bonds is 7. The normalized spacial score (nSPS) is 10.8. The standard InChI is InChI=1S/C25H23N3O4S/c1-4-31-17-12-10-16(11-13-17)21-14-19(18-8-6-7-9-20(18)27-21)23(29)28-25-26-15(3)22(33-25)24(30)32-5-2/h6-14H,4-5H2,1-3H3,(H,26,28,29). The van der Waals surface area contributed by atoms with Crippen molar-refractivity contribution < 1.29 is 19.1 Å². The summed E-state index contributed by atoms with van der Waals surface area (Å²) in [5.74, 6) is 0.00152. The average molecular weight is 462 g/mol. The number of thiazole rings is 1. The SMILES string of the molecule is CCOC(=O)c1sc(NC(=O)c2cc(-c3ccc(OCC)cc3)nc3ccccc23)nc1C. The molecule has 0 atom stereocenters. The minimum absolute atomic E-state index is 0.273. The highest BCUT2D eigenvalue weighted by Crippen LogP contribution is 2.28. The Morgan fingerprint density at radius 2 is 1.76 bits per heavy atom. The summed E-state index contributed by atoms with van der Waals surface area (Å²) in [4.78, 5) is 34.8. The molecule has 2 heterocycles. The third kappa shape index (κ3) is 4.85. The molecular formula is C25H23N3O4S. The first kappa shape index (κ1) is 22.4. The number of hydrogen-bond acceptors (Lipinski definition) is 7. The van der Waals surface area contributed by atoms with Gasteiger partial charge in [0.1, 0.15) is 10.6 Å². The minimum Gasteiger partial charge on any atom is -0.494 e. The lowest BCUT2D eigenvalue weighted by Gasteiger charge is -2.10. The zero-order chi connectivity index (χ0) is 23.4. The molecule has 33 heavy (non-hydrogen) atoms. The maximum Gasteiger partial charge on any atom is 0.350 e. The van der Waals surface area contributed by atoms with Gasteiger partial charge in [0.25, 0.3) is 5.91 Å². The van der Waals surface area contributed by atoms with Gasteiger partial charge >= 0.3 is 5.97 Å². The van der Waals surface area contributed by atoms with Crippen molar-refractivity contribution in [2.24, 2.45) is 0 Å². The van der Waals surface area contributed by atoms with Crippen molar-refractivity contribution >= 4 is 39.2 Å². The van der Waals surface area contributed by atoms with Crippen molar-refractivity contribution in [1.29, 1.82) is 0 Å². The highest BCUT2D eigenvalue weighted by atomic mass is 32.1. The molecule has 1 amide bonds. The monoisotopic (exact) mass is 461 g/mol. The molecule has 4 rings (SSSR count). The van der Waals surface area contributed by atoms with Gasteiger partial charge in [-0.3, -0.25) is 10.1 Å². The molecule has 1 N–H and O–H groups in total. The highest BCUT2D eigenvalue weighted by Gasteiger charge is 2.20. The molecule has 0 aliphatic carbocycles. The summed E-state index contributed by atoms with van der Waals surface area (Å²) in [5, 5.41) is 3.89. The molecule has 0 saturated carbocycles. The van der Waals surface area contributed by atoms with Crippen LogP contribution in [0.15, 0.2) is 54.6 Å². The van der Waals surface area contributed by atoms with Gasteiger partial charge in [-0.1, -0.05) is 29.5 Å². The first-order valence-electron chi connectivity index (χ1n) is 10.6. The first-order valence-corrected chi connectivity index (χ1v) is 11.4. The summed E-state index contributed by atoms with van der Waals surface area (Å²) in [7, 11) is 0. The van der Waals surface area contributed by atoms with E-state index in [2.05, 4.69) is 10.3 Å². The zero-order valence-electron chi connectivity index (χ0n) is 18.5. The first-order chi connectivity index (χ1) is 16.0. The molecule has 0 aliphatic rings. The van der Waals surface area contributed by atoms with Crippen LogP contribution in [-0.2, 0) is 4.74 Å². The molecule has 0 unspecified atom stereocenters. The van der Waals surface area contributed by atoms with Crippen molar-refractivity contribution in [3.8, 4) is 17.0 Å². The average Bonchev–Trinajstić information content (AvgIpc) is 3.19. The van der Waals surface area contributed by atoms with Crippen LogP contribution < -0.4 is 10.1 Å². The van der Waals surface area contributed by atoms with Gasteiger partial charge in [-0.15, -0.1) is 0 Å². The molecular weight excluding hydrogens is 438 g/mol. The molecule has 0 fully saturated rings. The number of aromatic nitrogens is 2. The quantitative estimate of drug-likeness (QED) is 0.366. The van der Waals surface area contributed by atoms with Gasteiger partial charge in [0.2, 0.25) is 0 Å². The van der Waals surface area contributed by atoms with Crippen molar-refractivity contribution in [1.82, 2.24) is 9.97 Å². The second-order valence-corrected chi connectivity index (χ2v) is 8.14. The van der Waals surface area contributed by atoms with E-state index in [-0.39, 0.29) is 12.5 Å². The largest absolute Gasteiger partial charge is 0.494 e. The van der Waals surface area contributed by atoms with E-state index in [4.69, 9.17) is 14.5 Å². The van der Waals surface area contributed by atoms with Gasteiger partial charge in [-0.05, 0) is 57.2 Å². The number of amides is 1. The summed E-state index contributed by atoms with van der Waals surface area (Å²) in [5.41, 5.74) is 3.23. The Hall–Kier alpha value is -3.78. The Kier molecular flexibility index (Phi) is 6.65. The van der Waals surface area contributed by atoms with Crippen molar-refractivity contribution in [3.05, 3.63) is 70.7 Å². The van der Waals surface area contributed by atoms with E-state index >= 15 is 0 Å². The van der Waals surface area contributed by atoms with Crippen LogP contribution in [0, 0.1) is 6.92 Å². The fraction of sp³-hybridized carbons (Fsp3) is 0.200. The second-order valence-electron chi connectivity index (χ2n) is 7.14. The summed E-state index contributed by atoms with van der Waals surface area (Å²) in [6, 6.07) is 16.8. The van der Waals surface area contributed by atoms with Gasteiger partial charge in [0.05, 0.1) is 35.7 Å². The summed E-state index contributed by atoms with van der Waals surface area (Å²) >= 11 is 1.10. The lowest BCUT2D eigenvalue weighted by molar-refractivity contribution is 0.0531. The molecule has 168 valence electrons. The van der Waals surface area contributed by atoms with Crippen LogP contribution in [0.3, 0.4) is 0 Å². The number of nitrogens with zero attached hydrogens (tertiary/aromatic N) is 2. The van der Waals surface area contributed by atoms with Crippen LogP contribution in [0.5, 0.6) is 5.75 Å². The number of pyridine rings is 1. The molecule has 0 bridgehead atoms. The fourth-order valence-corrected chi connectivity index (χ4v) is 4.26. The van der Waals surface area contributed by atoms with Crippen LogP contribution in [0.4, 0.5) is 5.13 Å². The smallest absolute Gasteiger partial charge is 0.350 e. The number of para-hydroxylation sites is 1. The summed E-state index contributed by atoms with van der Waals surface area (Å²) < 4.78 is 10.6. The Bertz CT molecular complexity index is 1320. The minimum atomic E-state index is -0.444. The van der Waals surface area contributed by atoms with Crippen LogP contribution in [-0.4, -0.2) is 35.1 Å². The van der Waals surface area contributed by atoms with Gasteiger partial charge in [-0.25, -0.2) is 14.8 Å². The number of carbonyl (C=O) groups is 2. The Balaban J connectivity index is 1.69. The highest BCUT2D eigenvalue weighted by molar-refractivity contribution is 7.17. The number of hydrogen-bond donors (Lipinski definition) is 1. The van der Waals surface area contributed by atoms with Gasteiger partial charge in [0, 0.05) is 10.9 Å². The number of aryl methyl sites for hydroxylation is 1. The molecule has 7 nitrogen and oxygen atoms in total. The summed E-state index contributed by atoms with van der Waals surface area (Å²) in [6.45, 7) is 6.25. The molecule has 2 aromatic heterocycles. The lowest BCUT2D eigenvalue weighted by Crippen LogP contribution is -2.13. The molecule has 0 saturated heterocycles. The van der Waals surface area contributed by atoms with E-state index in [1.165, 1.54) is 0 Å². The van der Waals surface area contributed by atoms with E-state index in [0.29, 0.717) is 39.1 Å². The number of fused-ring (bicyclic) bond motifs is 1. The van der Waals surface area contributed by atoms with Gasteiger partial charge in [-0.2, -0.15) is 0 Å². The van der Waals surface area contributed by atoms with E-state index in [0.717, 1.165) is 28.0 Å². The van der Waals surface area contributed by atoms with Gasteiger partial charge < -0.3 is 9.47 Å². The number of benzene rings is 2. The Labute approximate surface area is 195 Å². The van der Waals surface area contributed by atoms with Crippen LogP contribution in [0.2, 0.25) is 0 Å². The number of anilines is 1. The maximum atomic E-state index is 13.3. The van der Waals surface area contributed by atoms with Gasteiger partial charge in [0.15, 0.2) is 5.13 Å². The number of esters is 1. The van der Waals surface area contributed by atoms with E-state index < -0.39 is 5.97 Å². The molecule has 0 aliphatic heterocycles. The summed E-state index contributed by atoms with van der Waals surface area (Å²) in [6.07, 6.45) is 0. The van der Waals surface area contributed by atoms with Crippen molar-refractivity contribution in [2.45, 2.75) is 20.8 Å². The second kappa shape index (κ2) is 9.79. The third-order valence-electron chi connectivity index (χ3n) is 4.90. The van der Waals surface area contributed by atoms with Crippen molar-refractivity contribution in [3.63, 3.8) is 0 Å². The number of carbonyl (C=O) groups excluding carboxylic acids is 2.